The van der Waals surface area contributed by atoms with Gasteiger partial charge in [0.2, 0.25) is 5.91 Å². The largest absolute Gasteiger partial charge is 0.310 e. The molecule has 21 heavy (non-hydrogen) atoms. The number of carbonyl (C=O) groups is 1. The number of rotatable bonds is 4. The molecule has 0 atom stereocenters. The molecule has 2 heterocycles. The predicted octanol–water partition coefficient (Wildman–Crippen LogP) is 3.21. The van der Waals surface area contributed by atoms with Crippen LogP contribution < -0.4 is 5.32 Å². The topological polar surface area (TPSA) is 59.8 Å². The number of thiazole rings is 1. The van der Waals surface area contributed by atoms with Crippen LogP contribution in [-0.2, 0) is 17.3 Å². The van der Waals surface area contributed by atoms with Crippen LogP contribution in [0, 0.1) is 6.92 Å². The Kier molecular flexibility index (Phi) is 4.73. The van der Waals surface area contributed by atoms with Crippen molar-refractivity contribution < 1.29 is 4.79 Å². The summed E-state index contributed by atoms with van der Waals surface area (Å²) in [6.45, 7) is 8.25. The maximum absolute atomic E-state index is 12.0. The number of hydrogen-bond acceptors (Lipinski definition) is 5. The maximum atomic E-state index is 12.0. The molecule has 0 saturated heterocycles. The molecule has 114 valence electrons. The van der Waals surface area contributed by atoms with Crippen molar-refractivity contribution in [3.05, 3.63) is 22.8 Å². The SMILES string of the molecule is Cc1csc(SCC(=O)Nc2cc(C(C)(C)C)nn2C)n1. The van der Waals surface area contributed by atoms with E-state index in [4.69, 9.17) is 0 Å². The normalized spacial score (nSPS) is 11.7. The number of aryl methyl sites for hydroxylation is 2. The van der Waals surface area contributed by atoms with Crippen LogP contribution in [0.25, 0.3) is 0 Å². The molecular formula is C14H20N4OS2. The van der Waals surface area contributed by atoms with Crippen molar-refractivity contribution in [2.24, 2.45) is 7.05 Å². The van der Waals surface area contributed by atoms with E-state index in [2.05, 4.69) is 36.2 Å². The van der Waals surface area contributed by atoms with Crippen molar-refractivity contribution in [3.8, 4) is 0 Å². The number of nitrogens with one attached hydrogen (secondary N) is 1. The Labute approximate surface area is 133 Å². The predicted molar refractivity (Wildman–Crippen MR) is 88.1 cm³/mol. The van der Waals surface area contributed by atoms with E-state index in [1.165, 1.54) is 11.8 Å². The summed E-state index contributed by atoms with van der Waals surface area (Å²) >= 11 is 3.02. The van der Waals surface area contributed by atoms with Gasteiger partial charge in [-0.25, -0.2) is 4.98 Å². The van der Waals surface area contributed by atoms with E-state index in [0.717, 1.165) is 21.5 Å². The standard InChI is InChI=1S/C14H20N4OS2/c1-9-7-20-13(15-9)21-8-12(19)16-11-6-10(14(2,3)4)17-18(11)5/h6-7H,8H2,1-5H3,(H,16,19). The van der Waals surface area contributed by atoms with Crippen LogP contribution >= 0.6 is 23.1 Å². The molecule has 0 saturated carbocycles. The summed E-state index contributed by atoms with van der Waals surface area (Å²) in [5.41, 5.74) is 1.92. The Morgan fingerprint density at radius 3 is 2.71 bits per heavy atom. The number of anilines is 1. The first-order valence-corrected chi connectivity index (χ1v) is 8.51. The highest BCUT2D eigenvalue weighted by Crippen LogP contribution is 2.24. The van der Waals surface area contributed by atoms with Gasteiger partial charge in [-0.3, -0.25) is 9.48 Å². The summed E-state index contributed by atoms with van der Waals surface area (Å²) in [6, 6.07) is 1.93. The van der Waals surface area contributed by atoms with Gasteiger partial charge in [-0.15, -0.1) is 11.3 Å². The minimum absolute atomic E-state index is 0.0338. The highest BCUT2D eigenvalue weighted by molar-refractivity contribution is 8.01. The van der Waals surface area contributed by atoms with Gasteiger partial charge in [-0.05, 0) is 6.92 Å². The minimum Gasteiger partial charge on any atom is -0.310 e. The van der Waals surface area contributed by atoms with E-state index in [9.17, 15) is 4.79 Å². The third-order valence-corrected chi connectivity index (χ3v) is 4.98. The molecule has 0 aliphatic heterocycles. The molecule has 0 radical (unpaired) electrons. The van der Waals surface area contributed by atoms with Gasteiger partial charge in [-0.1, -0.05) is 32.5 Å². The van der Waals surface area contributed by atoms with Crippen LogP contribution in [0.5, 0.6) is 0 Å². The minimum atomic E-state index is -0.0451. The number of aromatic nitrogens is 3. The lowest BCUT2D eigenvalue weighted by atomic mass is 9.92. The Balaban J connectivity index is 1.95. The van der Waals surface area contributed by atoms with Gasteiger partial charge < -0.3 is 5.32 Å². The molecule has 0 spiro atoms. The van der Waals surface area contributed by atoms with Gasteiger partial charge in [0.1, 0.15) is 5.82 Å². The zero-order chi connectivity index (χ0) is 15.6. The second kappa shape index (κ2) is 6.19. The molecule has 0 bridgehead atoms. The van der Waals surface area contributed by atoms with Gasteiger partial charge in [0.25, 0.3) is 0 Å². The Bertz CT molecular complexity index is 640. The smallest absolute Gasteiger partial charge is 0.235 e. The van der Waals surface area contributed by atoms with E-state index >= 15 is 0 Å². The fraction of sp³-hybridized carbons (Fsp3) is 0.500. The number of nitrogens with zero attached hydrogens (tertiary/aromatic N) is 3. The fourth-order valence-corrected chi connectivity index (χ4v) is 3.30. The summed E-state index contributed by atoms with van der Waals surface area (Å²) in [7, 11) is 1.84. The molecular weight excluding hydrogens is 304 g/mol. The molecule has 1 N–H and O–H groups in total. The van der Waals surface area contributed by atoms with E-state index in [0.29, 0.717) is 5.75 Å². The van der Waals surface area contributed by atoms with E-state index < -0.39 is 0 Å². The van der Waals surface area contributed by atoms with Crippen molar-refractivity contribution >= 4 is 34.8 Å². The molecule has 0 aliphatic rings. The highest BCUT2D eigenvalue weighted by Gasteiger charge is 2.19. The average molecular weight is 324 g/mol. The van der Waals surface area contributed by atoms with Crippen LogP contribution in [0.3, 0.4) is 0 Å². The summed E-state index contributed by atoms with van der Waals surface area (Å²) < 4.78 is 2.62. The number of amides is 1. The Morgan fingerprint density at radius 1 is 1.48 bits per heavy atom. The van der Waals surface area contributed by atoms with Crippen molar-refractivity contribution in [1.82, 2.24) is 14.8 Å². The highest BCUT2D eigenvalue weighted by atomic mass is 32.2. The van der Waals surface area contributed by atoms with Gasteiger partial charge in [0.15, 0.2) is 4.34 Å². The molecule has 2 aromatic heterocycles. The first-order chi connectivity index (χ1) is 9.75. The lowest BCUT2D eigenvalue weighted by Gasteiger charge is -2.13. The van der Waals surface area contributed by atoms with Gasteiger partial charge in [-0.2, -0.15) is 5.10 Å². The molecule has 0 unspecified atom stereocenters. The number of carbonyl (C=O) groups excluding carboxylic acids is 1. The monoisotopic (exact) mass is 324 g/mol. The van der Waals surface area contributed by atoms with E-state index in [1.807, 2.05) is 25.4 Å². The molecule has 2 aromatic rings. The van der Waals surface area contributed by atoms with Crippen LogP contribution in [0.2, 0.25) is 0 Å². The molecule has 0 fully saturated rings. The first-order valence-electron chi connectivity index (χ1n) is 6.65. The van der Waals surface area contributed by atoms with Crippen molar-refractivity contribution in [1.29, 1.82) is 0 Å². The molecule has 7 heteroatoms. The maximum Gasteiger partial charge on any atom is 0.235 e. The lowest BCUT2D eigenvalue weighted by Crippen LogP contribution is -2.16. The van der Waals surface area contributed by atoms with Crippen molar-refractivity contribution in [2.45, 2.75) is 37.4 Å². The Hall–Kier alpha value is -1.34. The zero-order valence-corrected chi connectivity index (χ0v) is 14.6. The quantitative estimate of drug-likeness (QED) is 0.877. The summed E-state index contributed by atoms with van der Waals surface area (Å²) in [5.74, 6) is 1.03. The Morgan fingerprint density at radius 2 is 2.19 bits per heavy atom. The van der Waals surface area contributed by atoms with Crippen LogP contribution in [0.1, 0.15) is 32.2 Å². The average Bonchev–Trinajstić information content (AvgIpc) is 2.94. The van der Waals surface area contributed by atoms with E-state index in [-0.39, 0.29) is 11.3 Å². The zero-order valence-electron chi connectivity index (χ0n) is 12.9. The number of hydrogen-bond donors (Lipinski definition) is 1. The molecule has 0 aromatic carbocycles. The summed E-state index contributed by atoms with van der Waals surface area (Å²) in [6.07, 6.45) is 0. The first kappa shape index (κ1) is 16.0. The van der Waals surface area contributed by atoms with Gasteiger partial charge in [0.05, 0.1) is 11.4 Å². The van der Waals surface area contributed by atoms with Crippen LogP contribution in [0.4, 0.5) is 5.82 Å². The third kappa shape index (κ3) is 4.31. The second-order valence-electron chi connectivity index (χ2n) is 5.88. The molecule has 1 amide bonds. The lowest BCUT2D eigenvalue weighted by molar-refractivity contribution is -0.113. The second-order valence-corrected chi connectivity index (χ2v) is 7.96. The summed E-state index contributed by atoms with van der Waals surface area (Å²) in [5, 5.41) is 9.32. The third-order valence-electron chi connectivity index (χ3n) is 2.84. The van der Waals surface area contributed by atoms with Crippen LogP contribution in [0.15, 0.2) is 15.8 Å². The molecule has 5 nitrogen and oxygen atoms in total. The van der Waals surface area contributed by atoms with Gasteiger partial charge >= 0.3 is 0 Å². The molecule has 0 aliphatic carbocycles. The molecule has 2 rings (SSSR count). The fourth-order valence-electron chi connectivity index (χ4n) is 1.66. The number of thioether (sulfide) groups is 1. The van der Waals surface area contributed by atoms with E-state index in [1.54, 1.807) is 16.0 Å². The van der Waals surface area contributed by atoms with Crippen molar-refractivity contribution in [2.75, 3.05) is 11.1 Å². The van der Waals surface area contributed by atoms with Gasteiger partial charge in [0, 0.05) is 29.6 Å². The van der Waals surface area contributed by atoms with Crippen LogP contribution in [-0.4, -0.2) is 26.4 Å². The van der Waals surface area contributed by atoms with Crippen molar-refractivity contribution in [3.63, 3.8) is 0 Å². The summed E-state index contributed by atoms with van der Waals surface area (Å²) in [4.78, 5) is 16.3.